The predicted octanol–water partition coefficient (Wildman–Crippen LogP) is 2.18. The molecule has 0 aliphatic rings. The Bertz CT molecular complexity index is 503. The van der Waals surface area contributed by atoms with Gasteiger partial charge in [-0.1, -0.05) is 13.3 Å². The minimum absolute atomic E-state index is 0.188. The zero-order chi connectivity index (χ0) is 15.8. The number of carboxylic acids is 1. The van der Waals surface area contributed by atoms with E-state index in [0.29, 0.717) is 30.3 Å². The topological polar surface area (TPSA) is 105 Å². The largest absolute Gasteiger partial charge is 0.481 e. The van der Waals surface area contributed by atoms with Crippen LogP contribution in [-0.4, -0.2) is 28.5 Å². The van der Waals surface area contributed by atoms with Gasteiger partial charge in [0.15, 0.2) is 0 Å². The van der Waals surface area contributed by atoms with E-state index in [-0.39, 0.29) is 6.42 Å². The highest BCUT2D eigenvalue weighted by molar-refractivity contribution is 5.97. The summed E-state index contributed by atoms with van der Waals surface area (Å²) in [6.45, 7) is 4.53. The van der Waals surface area contributed by atoms with Crippen LogP contribution in [0.1, 0.15) is 48.7 Å². The van der Waals surface area contributed by atoms with Gasteiger partial charge in [0.1, 0.15) is 5.82 Å². The van der Waals surface area contributed by atoms with Crippen LogP contribution in [0, 0.1) is 12.8 Å². The number of anilines is 1. The SMILES string of the molecule is CCC(CCNc1nc(C)ccc1C(N)=O)CCC(=O)O. The molecule has 1 aromatic rings. The summed E-state index contributed by atoms with van der Waals surface area (Å²) >= 11 is 0. The second-order valence-corrected chi connectivity index (χ2v) is 5.14. The molecule has 6 nitrogen and oxygen atoms in total. The summed E-state index contributed by atoms with van der Waals surface area (Å²) in [7, 11) is 0. The van der Waals surface area contributed by atoms with Crippen molar-refractivity contribution in [2.75, 3.05) is 11.9 Å². The number of aromatic nitrogens is 1. The molecule has 6 heteroatoms. The highest BCUT2D eigenvalue weighted by Crippen LogP contribution is 2.17. The molecule has 1 aromatic heterocycles. The fourth-order valence-corrected chi connectivity index (χ4v) is 2.17. The highest BCUT2D eigenvalue weighted by Gasteiger charge is 2.12. The minimum Gasteiger partial charge on any atom is -0.481 e. The predicted molar refractivity (Wildman–Crippen MR) is 81.2 cm³/mol. The van der Waals surface area contributed by atoms with Crippen LogP contribution >= 0.6 is 0 Å². The van der Waals surface area contributed by atoms with Crippen LogP contribution in [0.2, 0.25) is 0 Å². The number of nitrogens with two attached hydrogens (primary N) is 1. The molecule has 0 fully saturated rings. The van der Waals surface area contributed by atoms with Crippen molar-refractivity contribution in [3.8, 4) is 0 Å². The fourth-order valence-electron chi connectivity index (χ4n) is 2.17. The molecule has 0 aromatic carbocycles. The van der Waals surface area contributed by atoms with Gasteiger partial charge in [-0.3, -0.25) is 9.59 Å². The second kappa shape index (κ2) is 8.24. The van der Waals surface area contributed by atoms with E-state index in [9.17, 15) is 9.59 Å². The van der Waals surface area contributed by atoms with E-state index in [4.69, 9.17) is 10.8 Å². The molecule has 1 unspecified atom stereocenters. The number of carbonyl (C=O) groups is 2. The summed E-state index contributed by atoms with van der Waals surface area (Å²) in [4.78, 5) is 26.2. The van der Waals surface area contributed by atoms with Gasteiger partial charge >= 0.3 is 5.97 Å². The number of rotatable bonds is 9. The van der Waals surface area contributed by atoms with Gasteiger partial charge in [0.2, 0.25) is 0 Å². The molecule has 1 amide bonds. The Labute approximate surface area is 124 Å². The molecule has 0 spiro atoms. The van der Waals surface area contributed by atoms with Crippen molar-refractivity contribution < 1.29 is 14.7 Å². The maximum absolute atomic E-state index is 11.3. The first-order valence-corrected chi connectivity index (χ1v) is 7.17. The summed E-state index contributed by atoms with van der Waals surface area (Å²) < 4.78 is 0. The second-order valence-electron chi connectivity index (χ2n) is 5.14. The normalized spacial score (nSPS) is 11.9. The lowest BCUT2D eigenvalue weighted by molar-refractivity contribution is -0.137. The number of hydrogen-bond donors (Lipinski definition) is 3. The number of carboxylic acid groups (broad SMARTS) is 1. The van der Waals surface area contributed by atoms with Crippen molar-refractivity contribution in [2.45, 2.75) is 39.5 Å². The first-order valence-electron chi connectivity index (χ1n) is 7.17. The summed E-state index contributed by atoms with van der Waals surface area (Å²) in [6.07, 6.45) is 2.61. The number of pyridine rings is 1. The number of carbonyl (C=O) groups excluding carboxylic acids is 1. The molecule has 0 saturated heterocycles. The van der Waals surface area contributed by atoms with Crippen LogP contribution in [0.5, 0.6) is 0 Å². The van der Waals surface area contributed by atoms with Crippen molar-refractivity contribution in [1.82, 2.24) is 4.98 Å². The monoisotopic (exact) mass is 293 g/mol. The lowest BCUT2D eigenvalue weighted by Crippen LogP contribution is -2.17. The lowest BCUT2D eigenvalue weighted by Gasteiger charge is -2.15. The molecule has 1 atom stereocenters. The lowest BCUT2D eigenvalue weighted by atomic mass is 9.96. The Balaban J connectivity index is 2.56. The van der Waals surface area contributed by atoms with Gasteiger partial charge in [0.05, 0.1) is 5.56 Å². The third-order valence-corrected chi connectivity index (χ3v) is 3.49. The molecule has 0 aliphatic carbocycles. The van der Waals surface area contributed by atoms with Gasteiger partial charge in [-0.2, -0.15) is 0 Å². The number of aliphatic carboxylic acids is 1. The van der Waals surface area contributed by atoms with Gasteiger partial charge in [0, 0.05) is 18.7 Å². The third-order valence-electron chi connectivity index (χ3n) is 3.49. The zero-order valence-electron chi connectivity index (χ0n) is 12.6. The number of hydrogen-bond acceptors (Lipinski definition) is 4. The number of amides is 1. The zero-order valence-corrected chi connectivity index (χ0v) is 12.6. The van der Waals surface area contributed by atoms with Gasteiger partial charge < -0.3 is 16.2 Å². The van der Waals surface area contributed by atoms with E-state index >= 15 is 0 Å². The van der Waals surface area contributed by atoms with E-state index in [1.807, 2.05) is 13.8 Å². The highest BCUT2D eigenvalue weighted by atomic mass is 16.4. The summed E-state index contributed by atoms with van der Waals surface area (Å²) in [5, 5.41) is 11.8. The van der Waals surface area contributed by atoms with Crippen LogP contribution in [-0.2, 0) is 4.79 Å². The molecule has 21 heavy (non-hydrogen) atoms. The molecule has 0 radical (unpaired) electrons. The van der Waals surface area contributed by atoms with Crippen LogP contribution in [0.4, 0.5) is 5.82 Å². The van der Waals surface area contributed by atoms with Gasteiger partial charge in [0.25, 0.3) is 5.91 Å². The molecule has 0 saturated carbocycles. The van der Waals surface area contributed by atoms with Crippen LogP contribution in [0.3, 0.4) is 0 Å². The minimum atomic E-state index is -0.766. The quantitative estimate of drug-likeness (QED) is 0.647. The fraction of sp³-hybridized carbons (Fsp3) is 0.533. The van der Waals surface area contributed by atoms with Crippen molar-refractivity contribution >= 4 is 17.7 Å². The van der Waals surface area contributed by atoms with Gasteiger partial charge in [-0.25, -0.2) is 4.98 Å². The smallest absolute Gasteiger partial charge is 0.303 e. The molecule has 0 aliphatic heterocycles. The van der Waals surface area contributed by atoms with Crippen LogP contribution in [0.25, 0.3) is 0 Å². The maximum atomic E-state index is 11.3. The van der Waals surface area contributed by atoms with E-state index in [0.717, 1.165) is 18.5 Å². The van der Waals surface area contributed by atoms with Crippen LogP contribution < -0.4 is 11.1 Å². The van der Waals surface area contributed by atoms with E-state index in [2.05, 4.69) is 10.3 Å². The number of primary amides is 1. The maximum Gasteiger partial charge on any atom is 0.303 e. The Morgan fingerprint density at radius 1 is 1.38 bits per heavy atom. The molecule has 0 bridgehead atoms. The summed E-state index contributed by atoms with van der Waals surface area (Å²) in [5.41, 5.74) is 6.50. The Hall–Kier alpha value is -2.11. The van der Waals surface area contributed by atoms with Crippen molar-refractivity contribution in [1.29, 1.82) is 0 Å². The van der Waals surface area contributed by atoms with Gasteiger partial charge in [-0.05, 0) is 37.8 Å². The van der Waals surface area contributed by atoms with Crippen molar-refractivity contribution in [3.05, 3.63) is 23.4 Å². The van der Waals surface area contributed by atoms with Crippen LogP contribution in [0.15, 0.2) is 12.1 Å². The first kappa shape index (κ1) is 16.9. The van der Waals surface area contributed by atoms with Crippen molar-refractivity contribution in [2.24, 2.45) is 11.7 Å². The average molecular weight is 293 g/mol. The summed E-state index contributed by atoms with van der Waals surface area (Å²) in [5.74, 6) is -0.438. The Kier molecular flexibility index (Phi) is 6.65. The molecular weight excluding hydrogens is 270 g/mol. The molecule has 1 heterocycles. The standard InChI is InChI=1S/C15H23N3O3/c1-3-11(5-7-13(19)20)8-9-17-15-12(14(16)21)6-4-10(2)18-15/h4,6,11H,3,5,7-9H2,1-2H3,(H2,16,21)(H,17,18)(H,19,20). The van der Waals surface area contributed by atoms with Crippen molar-refractivity contribution in [3.63, 3.8) is 0 Å². The number of aryl methyl sites for hydroxylation is 1. The Morgan fingerprint density at radius 2 is 2.10 bits per heavy atom. The number of nitrogens with one attached hydrogen (secondary N) is 1. The Morgan fingerprint density at radius 3 is 2.67 bits per heavy atom. The van der Waals surface area contributed by atoms with E-state index in [1.165, 1.54) is 0 Å². The molecule has 1 rings (SSSR count). The third kappa shape index (κ3) is 5.81. The number of nitrogens with zero attached hydrogens (tertiary/aromatic N) is 1. The average Bonchev–Trinajstić information content (AvgIpc) is 2.42. The van der Waals surface area contributed by atoms with Gasteiger partial charge in [-0.15, -0.1) is 0 Å². The first-order chi connectivity index (χ1) is 9.93. The summed E-state index contributed by atoms with van der Waals surface area (Å²) in [6, 6.07) is 3.40. The van der Waals surface area contributed by atoms with E-state index < -0.39 is 11.9 Å². The molecule has 116 valence electrons. The molecule has 4 N–H and O–H groups in total. The van der Waals surface area contributed by atoms with E-state index in [1.54, 1.807) is 12.1 Å². The molecular formula is C15H23N3O3.